The van der Waals surface area contributed by atoms with E-state index in [4.69, 9.17) is 0 Å². The Labute approximate surface area is 128 Å². The van der Waals surface area contributed by atoms with Gasteiger partial charge in [-0.2, -0.15) is 5.26 Å². The molecular formula is C16H28N4O. The number of carbonyl (C=O) groups excluding carboxylic acids is 1. The van der Waals surface area contributed by atoms with Gasteiger partial charge in [-0.15, -0.1) is 0 Å². The number of nitrogens with zero attached hydrogens (tertiary/aromatic N) is 3. The van der Waals surface area contributed by atoms with Crippen molar-refractivity contribution >= 4 is 5.91 Å². The van der Waals surface area contributed by atoms with Crippen LogP contribution in [0.15, 0.2) is 0 Å². The maximum absolute atomic E-state index is 12.5. The Bertz CT molecular complexity index is 398. The van der Waals surface area contributed by atoms with E-state index in [1.807, 2.05) is 14.1 Å². The van der Waals surface area contributed by atoms with Crippen LogP contribution in [0.25, 0.3) is 0 Å². The molecule has 0 radical (unpaired) electrons. The van der Waals surface area contributed by atoms with Gasteiger partial charge in [0.1, 0.15) is 5.54 Å². The fraction of sp³-hybridized carbons (Fsp3) is 0.875. The van der Waals surface area contributed by atoms with E-state index in [1.165, 1.54) is 6.42 Å². The Morgan fingerprint density at radius 3 is 2.76 bits per heavy atom. The zero-order valence-electron chi connectivity index (χ0n) is 13.4. The third-order valence-corrected chi connectivity index (χ3v) is 5.13. The van der Waals surface area contributed by atoms with Crippen molar-refractivity contribution < 1.29 is 4.79 Å². The van der Waals surface area contributed by atoms with Crippen molar-refractivity contribution in [1.29, 1.82) is 5.26 Å². The first kappa shape index (κ1) is 16.3. The molecule has 0 bridgehead atoms. The van der Waals surface area contributed by atoms with Crippen molar-refractivity contribution in [3.8, 4) is 6.07 Å². The molecule has 5 nitrogen and oxygen atoms in total. The van der Waals surface area contributed by atoms with Gasteiger partial charge in [0.25, 0.3) is 0 Å². The van der Waals surface area contributed by atoms with Crippen LogP contribution in [0.5, 0.6) is 0 Å². The zero-order valence-corrected chi connectivity index (χ0v) is 13.4. The molecule has 1 aliphatic carbocycles. The van der Waals surface area contributed by atoms with Crippen molar-refractivity contribution in [2.24, 2.45) is 5.92 Å². The van der Waals surface area contributed by atoms with Gasteiger partial charge in [0.2, 0.25) is 5.91 Å². The third kappa shape index (κ3) is 3.75. The number of hydrogen-bond donors (Lipinski definition) is 1. The van der Waals surface area contributed by atoms with Crippen molar-refractivity contribution in [2.75, 3.05) is 40.3 Å². The molecule has 1 aliphatic heterocycles. The first-order valence-corrected chi connectivity index (χ1v) is 8.16. The standard InChI is InChI=1S/C16H28N4O/c1-18-10-14-6-9-20(11-14)12-15(21)19(2)16(13-17)7-4-3-5-8-16/h14,18H,3-12H2,1-2H3. The topological polar surface area (TPSA) is 59.4 Å². The molecule has 1 saturated heterocycles. The average Bonchev–Trinajstić information content (AvgIpc) is 2.94. The lowest BCUT2D eigenvalue weighted by Crippen LogP contribution is -2.52. The Hall–Kier alpha value is -1.12. The minimum absolute atomic E-state index is 0.101. The Morgan fingerprint density at radius 2 is 2.14 bits per heavy atom. The molecule has 1 N–H and O–H groups in total. The number of nitriles is 1. The number of amides is 1. The second kappa shape index (κ2) is 7.24. The number of likely N-dealkylation sites (N-methyl/N-ethyl adjacent to an activating group) is 1. The van der Waals surface area contributed by atoms with Gasteiger partial charge in [0.15, 0.2) is 0 Å². The van der Waals surface area contributed by atoms with Crippen molar-refractivity contribution in [3.05, 3.63) is 0 Å². The summed E-state index contributed by atoms with van der Waals surface area (Å²) < 4.78 is 0. The van der Waals surface area contributed by atoms with Crippen LogP contribution in [-0.2, 0) is 4.79 Å². The highest BCUT2D eigenvalue weighted by Crippen LogP contribution is 2.32. The van der Waals surface area contributed by atoms with Crippen molar-refractivity contribution in [2.45, 2.75) is 44.1 Å². The van der Waals surface area contributed by atoms with Gasteiger partial charge in [-0.3, -0.25) is 9.69 Å². The van der Waals surface area contributed by atoms with E-state index in [0.29, 0.717) is 12.5 Å². The van der Waals surface area contributed by atoms with E-state index in [0.717, 1.165) is 51.7 Å². The molecule has 0 aromatic carbocycles. The minimum Gasteiger partial charge on any atom is -0.326 e. The molecule has 2 aliphatic rings. The van der Waals surface area contributed by atoms with Gasteiger partial charge in [-0.05, 0) is 45.3 Å². The highest BCUT2D eigenvalue weighted by molar-refractivity contribution is 5.79. The molecule has 0 spiro atoms. The van der Waals surface area contributed by atoms with E-state index in [1.54, 1.807) is 4.90 Å². The van der Waals surface area contributed by atoms with Crippen LogP contribution in [0, 0.1) is 17.2 Å². The number of likely N-dealkylation sites (tertiary alicyclic amines) is 1. The van der Waals surface area contributed by atoms with Gasteiger partial charge in [0.05, 0.1) is 12.6 Å². The molecule has 1 saturated carbocycles. The molecule has 5 heteroatoms. The van der Waals surface area contributed by atoms with Crippen LogP contribution < -0.4 is 5.32 Å². The number of rotatable bonds is 5. The molecule has 2 rings (SSSR count). The lowest BCUT2D eigenvalue weighted by molar-refractivity contribution is -0.135. The normalized spacial score (nSPS) is 25.5. The second-order valence-electron chi connectivity index (χ2n) is 6.60. The van der Waals surface area contributed by atoms with E-state index in [2.05, 4.69) is 16.3 Å². The highest BCUT2D eigenvalue weighted by Gasteiger charge is 2.39. The Balaban J connectivity index is 1.89. The van der Waals surface area contributed by atoms with Crippen LogP contribution in [0.2, 0.25) is 0 Å². The quantitative estimate of drug-likeness (QED) is 0.827. The predicted molar refractivity (Wildman–Crippen MR) is 82.7 cm³/mol. The lowest BCUT2D eigenvalue weighted by atomic mass is 9.81. The van der Waals surface area contributed by atoms with Gasteiger partial charge in [-0.1, -0.05) is 19.3 Å². The monoisotopic (exact) mass is 292 g/mol. The smallest absolute Gasteiger partial charge is 0.237 e. The molecule has 2 fully saturated rings. The fourth-order valence-corrected chi connectivity index (χ4v) is 3.71. The molecule has 0 aromatic rings. The summed E-state index contributed by atoms with van der Waals surface area (Å²) in [7, 11) is 3.79. The Morgan fingerprint density at radius 1 is 1.43 bits per heavy atom. The van der Waals surface area contributed by atoms with Crippen LogP contribution in [0.3, 0.4) is 0 Å². The summed E-state index contributed by atoms with van der Waals surface area (Å²) in [5.41, 5.74) is -0.556. The summed E-state index contributed by atoms with van der Waals surface area (Å²) in [5.74, 6) is 0.747. The van der Waals surface area contributed by atoms with E-state index in [-0.39, 0.29) is 5.91 Å². The molecule has 0 aromatic heterocycles. The molecule has 21 heavy (non-hydrogen) atoms. The molecule has 1 heterocycles. The maximum atomic E-state index is 12.5. The first-order valence-electron chi connectivity index (χ1n) is 8.16. The summed E-state index contributed by atoms with van der Waals surface area (Å²) >= 11 is 0. The summed E-state index contributed by atoms with van der Waals surface area (Å²) in [6.45, 7) is 3.45. The SMILES string of the molecule is CNCC1CCN(CC(=O)N(C)C2(C#N)CCCCC2)C1. The molecule has 1 amide bonds. The number of nitrogens with one attached hydrogen (secondary N) is 1. The van der Waals surface area contributed by atoms with Crippen LogP contribution in [0.4, 0.5) is 0 Å². The van der Waals surface area contributed by atoms with Crippen molar-refractivity contribution in [3.63, 3.8) is 0 Å². The summed E-state index contributed by atoms with van der Waals surface area (Å²) in [6.07, 6.45) is 6.10. The summed E-state index contributed by atoms with van der Waals surface area (Å²) in [6, 6.07) is 2.43. The van der Waals surface area contributed by atoms with Crippen LogP contribution in [0.1, 0.15) is 38.5 Å². The lowest BCUT2D eigenvalue weighted by Gasteiger charge is -2.39. The van der Waals surface area contributed by atoms with Crippen LogP contribution >= 0.6 is 0 Å². The largest absolute Gasteiger partial charge is 0.326 e. The highest BCUT2D eigenvalue weighted by atomic mass is 16.2. The van der Waals surface area contributed by atoms with Crippen molar-refractivity contribution in [1.82, 2.24) is 15.1 Å². The zero-order chi connectivity index (χ0) is 15.3. The average molecular weight is 292 g/mol. The van der Waals surface area contributed by atoms with Crippen LogP contribution in [-0.4, -0.2) is 61.5 Å². The first-order chi connectivity index (χ1) is 10.1. The minimum atomic E-state index is -0.556. The van der Waals surface area contributed by atoms with Gasteiger partial charge >= 0.3 is 0 Å². The van der Waals surface area contributed by atoms with E-state index < -0.39 is 5.54 Å². The maximum Gasteiger partial charge on any atom is 0.237 e. The Kier molecular flexibility index (Phi) is 5.60. The predicted octanol–water partition coefficient (Wildman–Crippen LogP) is 1.21. The van der Waals surface area contributed by atoms with E-state index >= 15 is 0 Å². The fourth-order valence-electron chi connectivity index (χ4n) is 3.71. The number of hydrogen-bond acceptors (Lipinski definition) is 4. The molecule has 118 valence electrons. The van der Waals surface area contributed by atoms with Gasteiger partial charge in [0, 0.05) is 13.6 Å². The van der Waals surface area contributed by atoms with Gasteiger partial charge in [-0.25, -0.2) is 0 Å². The second-order valence-corrected chi connectivity index (χ2v) is 6.60. The molecule has 1 atom stereocenters. The number of carbonyl (C=O) groups is 1. The summed E-state index contributed by atoms with van der Waals surface area (Å²) in [4.78, 5) is 16.5. The summed E-state index contributed by atoms with van der Waals surface area (Å²) in [5, 5.41) is 12.8. The third-order valence-electron chi connectivity index (χ3n) is 5.13. The molecular weight excluding hydrogens is 264 g/mol. The van der Waals surface area contributed by atoms with E-state index in [9.17, 15) is 10.1 Å². The molecule has 1 unspecified atom stereocenters. The van der Waals surface area contributed by atoms with Gasteiger partial charge < -0.3 is 10.2 Å².